The Bertz CT molecular complexity index is 1160. The smallest absolute Gasteiger partial charge is 0.289 e. The Hall–Kier alpha value is -3.73. The minimum atomic E-state index is -0.557. The summed E-state index contributed by atoms with van der Waals surface area (Å²) < 4.78 is 12.8. The van der Waals surface area contributed by atoms with Crippen LogP contribution < -0.4 is 14.9 Å². The van der Waals surface area contributed by atoms with Gasteiger partial charge in [-0.25, -0.2) is 5.43 Å². The van der Waals surface area contributed by atoms with E-state index < -0.39 is 10.8 Å². The molecule has 0 saturated heterocycles. The molecular weight excluding hydrogens is 458 g/mol. The summed E-state index contributed by atoms with van der Waals surface area (Å²) in [7, 11) is 0. The number of nitrogens with one attached hydrogen (secondary N) is 1. The van der Waals surface area contributed by atoms with Crippen LogP contribution in [-0.4, -0.2) is 33.6 Å². The number of nitro benzene ring substituents is 1. The fourth-order valence-electron chi connectivity index (χ4n) is 2.89. The maximum atomic E-state index is 12.5. The van der Waals surface area contributed by atoms with Gasteiger partial charge in [-0.05, 0) is 29.8 Å². The zero-order valence-electron chi connectivity index (χ0n) is 15.3. The molecule has 2 aromatic carbocycles. The molecule has 0 radical (unpaired) electrons. The number of carbonyl (C=O) groups excluding carboxylic acids is 1. The van der Waals surface area contributed by atoms with Gasteiger partial charge >= 0.3 is 0 Å². The standard InChI is InChI=1S/C19H14BrN5O5/c20-14-3-1-2-12(6-14)10-24-15(4-5-22-24)19(26)23-21-9-13-7-17-18(30-11-29-17)8-16(13)25(27)28/h1-9H,10-11H2,(H,23,26)/b21-9+. The van der Waals surface area contributed by atoms with E-state index in [2.05, 4.69) is 31.6 Å². The van der Waals surface area contributed by atoms with Crippen molar-refractivity contribution in [2.45, 2.75) is 6.54 Å². The molecule has 0 aliphatic carbocycles. The number of aromatic nitrogens is 2. The normalized spacial score (nSPS) is 12.3. The number of nitro groups is 1. The molecule has 0 unspecified atom stereocenters. The van der Waals surface area contributed by atoms with Crippen LogP contribution >= 0.6 is 15.9 Å². The van der Waals surface area contributed by atoms with E-state index in [-0.39, 0.29) is 18.0 Å². The molecule has 0 fully saturated rings. The SMILES string of the molecule is O=C(N/N=C/c1cc2c(cc1[N+](=O)[O-])OCO2)c1ccnn1Cc1cccc(Br)c1. The van der Waals surface area contributed by atoms with Crippen LogP contribution in [0.4, 0.5) is 5.69 Å². The number of ether oxygens (including phenoxy) is 2. The van der Waals surface area contributed by atoms with Gasteiger partial charge in [-0.1, -0.05) is 28.1 Å². The summed E-state index contributed by atoms with van der Waals surface area (Å²) in [6.07, 6.45) is 2.70. The van der Waals surface area contributed by atoms with Gasteiger partial charge in [0, 0.05) is 10.7 Å². The van der Waals surface area contributed by atoms with E-state index >= 15 is 0 Å². The summed E-state index contributed by atoms with van der Waals surface area (Å²) in [4.78, 5) is 23.2. The monoisotopic (exact) mass is 471 g/mol. The molecule has 1 amide bonds. The Balaban J connectivity index is 1.49. The first kappa shape index (κ1) is 19.6. The molecule has 0 bridgehead atoms. The van der Waals surface area contributed by atoms with E-state index in [1.165, 1.54) is 29.2 Å². The zero-order valence-corrected chi connectivity index (χ0v) is 16.9. The van der Waals surface area contributed by atoms with Crippen molar-refractivity contribution in [1.82, 2.24) is 15.2 Å². The summed E-state index contributed by atoms with van der Waals surface area (Å²) in [5.74, 6) is 0.168. The van der Waals surface area contributed by atoms with Crippen LogP contribution in [0.3, 0.4) is 0 Å². The number of fused-ring (bicyclic) bond motifs is 1. The highest BCUT2D eigenvalue weighted by molar-refractivity contribution is 9.10. The molecule has 4 rings (SSSR count). The number of amides is 1. The second-order valence-corrected chi connectivity index (χ2v) is 7.14. The van der Waals surface area contributed by atoms with E-state index in [4.69, 9.17) is 9.47 Å². The molecule has 0 spiro atoms. The number of rotatable bonds is 6. The van der Waals surface area contributed by atoms with Crippen molar-refractivity contribution in [3.63, 3.8) is 0 Å². The van der Waals surface area contributed by atoms with Gasteiger partial charge in [-0.3, -0.25) is 19.6 Å². The largest absolute Gasteiger partial charge is 0.454 e. The van der Waals surface area contributed by atoms with Crippen molar-refractivity contribution in [3.05, 3.63) is 80.1 Å². The lowest BCUT2D eigenvalue weighted by Gasteiger charge is -2.07. The van der Waals surface area contributed by atoms with Crippen molar-refractivity contribution in [1.29, 1.82) is 0 Å². The zero-order chi connectivity index (χ0) is 21.1. The second kappa shape index (κ2) is 8.33. The molecule has 3 aromatic rings. The molecule has 2 heterocycles. The third kappa shape index (κ3) is 4.15. The number of hydrogen-bond donors (Lipinski definition) is 1. The number of carbonyl (C=O) groups is 1. The van der Waals surface area contributed by atoms with Gasteiger partial charge in [-0.15, -0.1) is 0 Å². The molecule has 0 atom stereocenters. The Kier molecular flexibility index (Phi) is 5.44. The highest BCUT2D eigenvalue weighted by Crippen LogP contribution is 2.37. The number of halogens is 1. The fraction of sp³-hybridized carbons (Fsp3) is 0.105. The van der Waals surface area contributed by atoms with Crippen molar-refractivity contribution in [3.8, 4) is 11.5 Å². The molecule has 30 heavy (non-hydrogen) atoms. The minimum Gasteiger partial charge on any atom is -0.454 e. The van der Waals surface area contributed by atoms with E-state index in [9.17, 15) is 14.9 Å². The van der Waals surface area contributed by atoms with Gasteiger partial charge in [-0.2, -0.15) is 10.2 Å². The Morgan fingerprint density at radius 1 is 1.30 bits per heavy atom. The van der Waals surface area contributed by atoms with E-state index in [0.717, 1.165) is 10.0 Å². The molecule has 152 valence electrons. The first-order valence-electron chi connectivity index (χ1n) is 8.69. The molecule has 1 N–H and O–H groups in total. The average Bonchev–Trinajstić information content (AvgIpc) is 3.36. The van der Waals surface area contributed by atoms with Crippen LogP contribution in [0.2, 0.25) is 0 Å². The number of benzene rings is 2. The lowest BCUT2D eigenvalue weighted by molar-refractivity contribution is -0.385. The number of hydrazone groups is 1. The van der Waals surface area contributed by atoms with Gasteiger partial charge in [0.25, 0.3) is 11.6 Å². The van der Waals surface area contributed by atoms with Crippen LogP contribution in [0.15, 0.2) is 58.2 Å². The minimum absolute atomic E-state index is 0.00814. The molecule has 1 aliphatic heterocycles. The first-order valence-corrected chi connectivity index (χ1v) is 9.48. The van der Waals surface area contributed by atoms with Crippen LogP contribution in [-0.2, 0) is 6.54 Å². The summed E-state index contributed by atoms with van der Waals surface area (Å²) in [5, 5.41) is 19.3. The fourth-order valence-corrected chi connectivity index (χ4v) is 3.33. The highest BCUT2D eigenvalue weighted by atomic mass is 79.9. The second-order valence-electron chi connectivity index (χ2n) is 6.22. The molecule has 1 aliphatic rings. The summed E-state index contributed by atoms with van der Waals surface area (Å²) >= 11 is 3.41. The topological polar surface area (TPSA) is 121 Å². The lowest BCUT2D eigenvalue weighted by Crippen LogP contribution is -2.22. The number of nitrogens with zero attached hydrogens (tertiary/aromatic N) is 4. The molecule has 11 heteroatoms. The van der Waals surface area contributed by atoms with E-state index in [1.807, 2.05) is 24.3 Å². The van der Waals surface area contributed by atoms with Crippen molar-refractivity contribution >= 4 is 33.7 Å². The van der Waals surface area contributed by atoms with Crippen molar-refractivity contribution in [2.75, 3.05) is 6.79 Å². The van der Waals surface area contributed by atoms with Gasteiger partial charge in [0.15, 0.2) is 11.5 Å². The summed E-state index contributed by atoms with van der Waals surface area (Å²) in [6, 6.07) is 11.9. The van der Waals surface area contributed by atoms with Gasteiger partial charge in [0.1, 0.15) is 5.69 Å². The lowest BCUT2D eigenvalue weighted by atomic mass is 10.1. The predicted octanol–water partition coefficient (Wildman–Crippen LogP) is 3.09. The molecule has 10 nitrogen and oxygen atoms in total. The van der Waals surface area contributed by atoms with Crippen molar-refractivity contribution < 1.29 is 19.2 Å². The quantitative estimate of drug-likeness (QED) is 0.335. The van der Waals surface area contributed by atoms with E-state index in [0.29, 0.717) is 23.7 Å². The number of hydrogen-bond acceptors (Lipinski definition) is 7. The van der Waals surface area contributed by atoms with E-state index in [1.54, 1.807) is 6.07 Å². The van der Waals surface area contributed by atoms with Crippen LogP contribution in [0, 0.1) is 10.1 Å². The van der Waals surface area contributed by atoms with Gasteiger partial charge in [0.05, 0.1) is 29.3 Å². The Morgan fingerprint density at radius 3 is 2.87 bits per heavy atom. The third-order valence-corrected chi connectivity index (χ3v) is 4.75. The Morgan fingerprint density at radius 2 is 2.10 bits per heavy atom. The highest BCUT2D eigenvalue weighted by Gasteiger charge is 2.22. The molecule has 0 saturated carbocycles. The predicted molar refractivity (Wildman–Crippen MR) is 110 cm³/mol. The maximum absolute atomic E-state index is 12.5. The molecular formula is C19H14BrN5O5. The average molecular weight is 472 g/mol. The summed E-state index contributed by atoms with van der Waals surface area (Å²) in [5.41, 5.74) is 3.59. The van der Waals surface area contributed by atoms with Crippen LogP contribution in [0.25, 0.3) is 0 Å². The first-order chi connectivity index (χ1) is 14.5. The summed E-state index contributed by atoms with van der Waals surface area (Å²) in [6.45, 7) is 0.387. The van der Waals surface area contributed by atoms with Crippen LogP contribution in [0.5, 0.6) is 11.5 Å². The van der Waals surface area contributed by atoms with Crippen molar-refractivity contribution in [2.24, 2.45) is 5.10 Å². The third-order valence-electron chi connectivity index (χ3n) is 4.26. The van der Waals surface area contributed by atoms with Gasteiger partial charge < -0.3 is 9.47 Å². The van der Waals surface area contributed by atoms with Gasteiger partial charge in [0.2, 0.25) is 6.79 Å². The molecule has 1 aromatic heterocycles. The Labute approximate surface area is 178 Å². The maximum Gasteiger partial charge on any atom is 0.289 e. The van der Waals surface area contributed by atoms with Crippen LogP contribution in [0.1, 0.15) is 21.6 Å².